The first kappa shape index (κ1) is 19.0. The number of urea groups is 1. The predicted molar refractivity (Wildman–Crippen MR) is 111 cm³/mol. The summed E-state index contributed by atoms with van der Waals surface area (Å²) in [6, 6.07) is 10.8. The second-order valence-electron chi connectivity index (χ2n) is 8.15. The molecule has 2 N–H and O–H groups in total. The average Bonchev–Trinajstić information content (AvgIpc) is 3.41. The Labute approximate surface area is 167 Å². The summed E-state index contributed by atoms with van der Waals surface area (Å²) in [6.45, 7) is 7.69. The van der Waals surface area contributed by atoms with Gasteiger partial charge in [-0.3, -0.25) is 5.10 Å². The lowest BCUT2D eigenvalue weighted by molar-refractivity contribution is 0.179. The Bertz CT molecular complexity index is 767. The number of aryl methyl sites for hydroxylation is 1. The van der Waals surface area contributed by atoms with E-state index >= 15 is 0 Å². The van der Waals surface area contributed by atoms with Gasteiger partial charge in [0.1, 0.15) is 0 Å². The molecule has 6 nitrogen and oxygen atoms in total. The van der Waals surface area contributed by atoms with E-state index in [0.29, 0.717) is 11.8 Å². The highest BCUT2D eigenvalue weighted by Gasteiger charge is 2.26. The van der Waals surface area contributed by atoms with Crippen LogP contribution >= 0.6 is 0 Å². The highest BCUT2D eigenvalue weighted by atomic mass is 16.2. The quantitative estimate of drug-likeness (QED) is 0.836. The maximum absolute atomic E-state index is 12.5. The number of carbonyl (C=O) groups is 1. The molecular formula is C22H31N5O. The minimum atomic E-state index is 0.0812. The van der Waals surface area contributed by atoms with Crippen LogP contribution in [0.15, 0.2) is 36.5 Å². The van der Waals surface area contributed by atoms with Crippen LogP contribution in [-0.2, 0) is 0 Å². The second kappa shape index (κ2) is 8.78. The van der Waals surface area contributed by atoms with E-state index in [1.165, 1.54) is 23.2 Å². The van der Waals surface area contributed by atoms with Crippen LogP contribution in [0.2, 0.25) is 0 Å². The van der Waals surface area contributed by atoms with Gasteiger partial charge in [-0.15, -0.1) is 0 Å². The number of benzene rings is 1. The van der Waals surface area contributed by atoms with Crippen molar-refractivity contribution in [1.82, 2.24) is 25.3 Å². The molecule has 2 aliphatic heterocycles. The smallest absolute Gasteiger partial charge is 0.317 e. The number of hydrogen-bond acceptors (Lipinski definition) is 3. The molecule has 0 bridgehead atoms. The summed E-state index contributed by atoms with van der Waals surface area (Å²) in [5.74, 6) is 1.12. The summed E-state index contributed by atoms with van der Waals surface area (Å²) in [4.78, 5) is 16.9. The lowest BCUT2D eigenvalue weighted by atomic mass is 9.94. The van der Waals surface area contributed by atoms with Crippen molar-refractivity contribution in [3.63, 3.8) is 0 Å². The van der Waals surface area contributed by atoms with Crippen LogP contribution in [0.3, 0.4) is 0 Å². The Morgan fingerprint density at radius 2 is 1.93 bits per heavy atom. The zero-order valence-electron chi connectivity index (χ0n) is 16.7. The minimum absolute atomic E-state index is 0.0812. The highest BCUT2D eigenvalue weighted by Crippen LogP contribution is 2.29. The zero-order chi connectivity index (χ0) is 19.3. The highest BCUT2D eigenvalue weighted by molar-refractivity contribution is 5.74. The van der Waals surface area contributed by atoms with E-state index in [1.807, 2.05) is 11.0 Å². The molecule has 0 radical (unpaired) electrons. The third-order valence-corrected chi connectivity index (χ3v) is 6.35. The van der Waals surface area contributed by atoms with Gasteiger partial charge < -0.3 is 15.1 Å². The molecule has 1 aromatic heterocycles. The molecule has 6 heteroatoms. The maximum Gasteiger partial charge on any atom is 0.317 e. The molecule has 0 unspecified atom stereocenters. The first-order chi connectivity index (χ1) is 13.7. The van der Waals surface area contributed by atoms with Crippen molar-refractivity contribution in [2.75, 3.05) is 39.3 Å². The summed E-state index contributed by atoms with van der Waals surface area (Å²) >= 11 is 0. The number of aromatic amines is 1. The molecule has 2 saturated heterocycles. The largest absolute Gasteiger partial charge is 0.337 e. The van der Waals surface area contributed by atoms with Gasteiger partial charge in [0.05, 0.1) is 0 Å². The molecule has 2 amide bonds. The molecular weight excluding hydrogens is 350 g/mol. The average molecular weight is 382 g/mol. The Kier molecular flexibility index (Phi) is 5.95. The number of hydrogen-bond donors (Lipinski definition) is 2. The van der Waals surface area contributed by atoms with E-state index < -0.39 is 0 Å². The molecule has 150 valence electrons. The van der Waals surface area contributed by atoms with E-state index in [4.69, 9.17) is 0 Å². The molecule has 3 heterocycles. The minimum Gasteiger partial charge on any atom is -0.337 e. The van der Waals surface area contributed by atoms with E-state index in [0.717, 1.165) is 52.1 Å². The van der Waals surface area contributed by atoms with Crippen molar-refractivity contribution < 1.29 is 4.79 Å². The number of carbonyl (C=O) groups excluding carboxylic acids is 1. The van der Waals surface area contributed by atoms with Gasteiger partial charge >= 0.3 is 6.03 Å². The molecule has 2 aromatic rings. The molecule has 0 aliphatic carbocycles. The summed E-state index contributed by atoms with van der Waals surface area (Å²) < 4.78 is 0. The number of aromatic nitrogens is 2. The van der Waals surface area contributed by atoms with Crippen LogP contribution in [0, 0.1) is 6.92 Å². The van der Waals surface area contributed by atoms with E-state index in [1.54, 1.807) is 6.20 Å². The lowest BCUT2D eigenvalue weighted by Crippen LogP contribution is -2.46. The number of rotatable bonds is 5. The molecule has 0 saturated carbocycles. The molecule has 0 spiro atoms. The van der Waals surface area contributed by atoms with Crippen molar-refractivity contribution in [1.29, 1.82) is 0 Å². The fraction of sp³-hybridized carbons (Fsp3) is 0.545. The molecule has 1 atom stereocenters. The normalized spacial score (nSPS) is 21.2. The first-order valence-corrected chi connectivity index (χ1v) is 10.5. The number of piperidine rings is 1. The van der Waals surface area contributed by atoms with Gasteiger partial charge in [-0.25, -0.2) is 4.79 Å². The molecule has 2 aliphatic rings. The lowest BCUT2D eigenvalue weighted by Gasteiger charge is -2.31. The number of likely N-dealkylation sites (tertiary alicyclic amines) is 2. The summed E-state index contributed by atoms with van der Waals surface area (Å²) in [5.41, 5.74) is 4.06. The van der Waals surface area contributed by atoms with Crippen molar-refractivity contribution in [2.24, 2.45) is 0 Å². The van der Waals surface area contributed by atoms with Crippen LogP contribution in [-0.4, -0.2) is 65.3 Å². The van der Waals surface area contributed by atoms with Gasteiger partial charge in [0.2, 0.25) is 0 Å². The monoisotopic (exact) mass is 381 g/mol. The fourth-order valence-corrected chi connectivity index (χ4v) is 4.65. The van der Waals surface area contributed by atoms with Crippen LogP contribution < -0.4 is 5.32 Å². The number of H-pyrrole nitrogens is 1. The third kappa shape index (κ3) is 4.38. The number of amides is 2. The Morgan fingerprint density at radius 3 is 2.68 bits per heavy atom. The van der Waals surface area contributed by atoms with Gasteiger partial charge in [-0.2, -0.15) is 5.10 Å². The van der Waals surface area contributed by atoms with Gasteiger partial charge in [-0.1, -0.05) is 24.3 Å². The van der Waals surface area contributed by atoms with Crippen LogP contribution in [0.5, 0.6) is 0 Å². The number of nitrogens with zero attached hydrogens (tertiary/aromatic N) is 3. The molecule has 2 fully saturated rings. The fourth-order valence-electron chi connectivity index (χ4n) is 4.65. The summed E-state index contributed by atoms with van der Waals surface area (Å²) in [7, 11) is 0. The summed E-state index contributed by atoms with van der Waals surface area (Å²) in [6.07, 6.45) is 5.01. The Morgan fingerprint density at radius 1 is 1.14 bits per heavy atom. The van der Waals surface area contributed by atoms with Gasteiger partial charge in [-0.05, 0) is 55.8 Å². The second-order valence-corrected chi connectivity index (χ2v) is 8.15. The van der Waals surface area contributed by atoms with Crippen molar-refractivity contribution in [2.45, 2.75) is 38.0 Å². The van der Waals surface area contributed by atoms with Crippen molar-refractivity contribution in [3.05, 3.63) is 53.3 Å². The van der Waals surface area contributed by atoms with Gasteiger partial charge in [0.25, 0.3) is 0 Å². The summed E-state index contributed by atoms with van der Waals surface area (Å²) in [5, 5.41) is 10.2. The van der Waals surface area contributed by atoms with Gasteiger partial charge in [0.15, 0.2) is 0 Å². The Hall–Kier alpha value is -2.34. The van der Waals surface area contributed by atoms with Crippen LogP contribution in [0.1, 0.15) is 47.9 Å². The first-order valence-electron chi connectivity index (χ1n) is 10.5. The molecule has 1 aromatic carbocycles. The topological polar surface area (TPSA) is 64.3 Å². The van der Waals surface area contributed by atoms with Crippen LogP contribution in [0.4, 0.5) is 4.79 Å². The van der Waals surface area contributed by atoms with Crippen molar-refractivity contribution >= 4 is 6.03 Å². The van der Waals surface area contributed by atoms with E-state index in [9.17, 15) is 4.79 Å². The van der Waals surface area contributed by atoms with Crippen molar-refractivity contribution in [3.8, 4) is 0 Å². The SMILES string of the molecule is Cc1ccccc1[C@H]1CCN(CCNC(=O)N2CCC(c3ccn[nH]3)CC2)C1. The van der Waals surface area contributed by atoms with E-state index in [2.05, 4.69) is 51.6 Å². The third-order valence-electron chi connectivity index (χ3n) is 6.35. The molecule has 4 rings (SSSR count). The maximum atomic E-state index is 12.5. The standard InChI is InChI=1S/C22H31N5O/c1-17-4-2-3-5-20(17)19-7-12-26(16-19)15-11-23-22(28)27-13-8-18(9-14-27)21-6-10-24-25-21/h2-6,10,18-19H,7-9,11-16H2,1H3,(H,23,28)(H,24,25)/t19-/m0/s1. The zero-order valence-corrected chi connectivity index (χ0v) is 16.7. The number of nitrogens with one attached hydrogen (secondary N) is 2. The van der Waals surface area contributed by atoms with Crippen LogP contribution in [0.25, 0.3) is 0 Å². The molecule has 28 heavy (non-hydrogen) atoms. The van der Waals surface area contributed by atoms with E-state index in [-0.39, 0.29) is 6.03 Å². The van der Waals surface area contributed by atoms with Gasteiger partial charge in [0, 0.05) is 50.5 Å². The predicted octanol–water partition coefficient (Wildman–Crippen LogP) is 3.10. The Balaban J connectivity index is 1.17.